The second-order valence-electron chi connectivity index (χ2n) is 4.45. The fourth-order valence-electron chi connectivity index (χ4n) is 1.13. The molecule has 0 aromatic carbocycles. The maximum Gasteiger partial charge on any atom is 0.413 e. The molecule has 0 radical (unpaired) electrons. The number of carbonyl (C=O) groups is 1. The Bertz CT molecular complexity index is 373. The molecule has 0 bridgehead atoms. The Morgan fingerprint density at radius 3 is 2.69 bits per heavy atom. The van der Waals surface area contributed by atoms with E-state index in [9.17, 15) is 4.79 Å². The number of carbonyl (C=O) groups excluding carboxylic acids is 1. The van der Waals surface area contributed by atoms with Crippen LogP contribution in [0.15, 0.2) is 12.3 Å². The Hall–Kier alpha value is -1.58. The molecule has 0 fully saturated rings. The first kappa shape index (κ1) is 12.5. The number of fused-ring (bicyclic) bond motifs is 1. The first-order chi connectivity index (χ1) is 7.49. The number of cyclic esters (lactones) is 1. The molecular formula is C12H18N2O2. The molecule has 0 aliphatic carbocycles. The van der Waals surface area contributed by atoms with Gasteiger partial charge in [0.2, 0.25) is 0 Å². The smallest absolute Gasteiger partial charge is 0.413 e. The number of aryl methyl sites for hydroxylation is 1. The van der Waals surface area contributed by atoms with Crippen molar-refractivity contribution < 1.29 is 9.53 Å². The fraction of sp³-hybridized carbons (Fsp3) is 0.500. The monoisotopic (exact) mass is 222 g/mol. The normalized spacial score (nSPS) is 13.2. The van der Waals surface area contributed by atoms with E-state index in [1.54, 1.807) is 6.20 Å². The molecule has 1 amide bonds. The Kier molecular flexibility index (Phi) is 4.28. The number of hydrogen-bond donors (Lipinski definition) is 1. The molecule has 1 aromatic rings. The number of ether oxygens (including phenoxy) is 1. The third kappa shape index (κ3) is 3.88. The summed E-state index contributed by atoms with van der Waals surface area (Å²) in [4.78, 5) is 14.8. The number of amides is 1. The van der Waals surface area contributed by atoms with Gasteiger partial charge in [0.15, 0.2) is 0 Å². The topological polar surface area (TPSA) is 51.2 Å². The van der Waals surface area contributed by atoms with E-state index in [2.05, 4.69) is 31.1 Å². The summed E-state index contributed by atoms with van der Waals surface area (Å²) in [5.41, 5.74) is 1.99. The van der Waals surface area contributed by atoms with Crippen LogP contribution in [0.3, 0.4) is 0 Å². The zero-order chi connectivity index (χ0) is 12.1. The number of pyridine rings is 1. The van der Waals surface area contributed by atoms with Crippen LogP contribution in [0.2, 0.25) is 0 Å². The third-order valence-corrected chi connectivity index (χ3v) is 1.68. The lowest BCUT2D eigenvalue weighted by molar-refractivity contribution is 0.151. The van der Waals surface area contributed by atoms with Gasteiger partial charge in [-0.3, -0.25) is 5.32 Å². The maximum atomic E-state index is 10.7. The van der Waals surface area contributed by atoms with Crippen molar-refractivity contribution in [2.75, 3.05) is 5.32 Å². The van der Waals surface area contributed by atoms with Crippen LogP contribution in [0.4, 0.5) is 10.6 Å². The van der Waals surface area contributed by atoms with Gasteiger partial charge in [-0.2, -0.15) is 0 Å². The van der Waals surface area contributed by atoms with E-state index in [1.807, 2.05) is 13.0 Å². The van der Waals surface area contributed by atoms with Crippen molar-refractivity contribution >= 4 is 11.9 Å². The molecule has 1 N–H and O–H groups in total. The molecule has 4 heteroatoms. The van der Waals surface area contributed by atoms with Crippen LogP contribution in [0.25, 0.3) is 0 Å². The van der Waals surface area contributed by atoms with Crippen molar-refractivity contribution in [2.24, 2.45) is 5.92 Å². The average Bonchev–Trinajstić information content (AvgIpc) is 2.17. The second kappa shape index (κ2) is 5.49. The van der Waals surface area contributed by atoms with E-state index in [4.69, 9.17) is 4.74 Å². The van der Waals surface area contributed by atoms with Gasteiger partial charge in [-0.25, -0.2) is 9.78 Å². The van der Waals surface area contributed by atoms with Gasteiger partial charge in [-0.05, 0) is 24.5 Å². The van der Waals surface area contributed by atoms with Crippen molar-refractivity contribution in [3.8, 4) is 0 Å². The van der Waals surface area contributed by atoms with Crippen molar-refractivity contribution in [1.82, 2.24) is 4.98 Å². The number of aromatic nitrogens is 1. The van der Waals surface area contributed by atoms with Crippen LogP contribution in [0.1, 0.15) is 31.9 Å². The van der Waals surface area contributed by atoms with Crippen molar-refractivity contribution in [3.63, 3.8) is 0 Å². The predicted molar refractivity (Wildman–Crippen MR) is 63.3 cm³/mol. The first-order valence-corrected chi connectivity index (χ1v) is 5.38. The lowest BCUT2D eigenvalue weighted by Crippen LogP contribution is -2.21. The van der Waals surface area contributed by atoms with E-state index >= 15 is 0 Å². The van der Waals surface area contributed by atoms with Crippen molar-refractivity contribution in [3.05, 3.63) is 23.4 Å². The number of nitrogens with zero attached hydrogens (tertiary/aromatic N) is 1. The summed E-state index contributed by atoms with van der Waals surface area (Å²) in [6.45, 7) is 8.76. The molecule has 2 rings (SSSR count). The Labute approximate surface area is 96.0 Å². The molecule has 16 heavy (non-hydrogen) atoms. The van der Waals surface area contributed by atoms with Crippen LogP contribution < -0.4 is 5.32 Å². The summed E-state index contributed by atoms with van der Waals surface area (Å²) in [5, 5.41) is 2.51. The Balaban J connectivity index is 0.000000280. The molecule has 4 nitrogen and oxygen atoms in total. The lowest BCUT2D eigenvalue weighted by atomic mass is 10.2. The van der Waals surface area contributed by atoms with E-state index in [0.29, 0.717) is 12.4 Å². The lowest BCUT2D eigenvalue weighted by Gasteiger charge is -2.15. The highest BCUT2D eigenvalue weighted by Gasteiger charge is 2.15. The number of anilines is 1. The van der Waals surface area contributed by atoms with Crippen LogP contribution in [-0.4, -0.2) is 11.1 Å². The Morgan fingerprint density at radius 2 is 2.06 bits per heavy atom. The largest absolute Gasteiger partial charge is 0.444 e. The van der Waals surface area contributed by atoms with E-state index < -0.39 is 6.09 Å². The summed E-state index contributed by atoms with van der Waals surface area (Å²) >= 11 is 0. The molecule has 1 aliphatic heterocycles. The standard InChI is InChI=1S/C8H8N2O2.C4H10/c1-5-2-6-4-12-8(11)10-7(6)9-3-5;1-4(2)3/h2-3H,4H2,1H3,(H,9,10,11);4H,1-3H3. The molecule has 1 aromatic heterocycles. The van der Waals surface area contributed by atoms with E-state index in [-0.39, 0.29) is 0 Å². The van der Waals surface area contributed by atoms with Gasteiger partial charge in [-0.15, -0.1) is 0 Å². The van der Waals surface area contributed by atoms with E-state index in [1.165, 1.54) is 0 Å². The summed E-state index contributed by atoms with van der Waals surface area (Å²) in [7, 11) is 0. The van der Waals surface area contributed by atoms with Crippen LogP contribution in [0.5, 0.6) is 0 Å². The molecule has 0 unspecified atom stereocenters. The van der Waals surface area contributed by atoms with Gasteiger partial charge in [0.1, 0.15) is 12.4 Å². The van der Waals surface area contributed by atoms with Gasteiger partial charge in [0.05, 0.1) is 0 Å². The highest BCUT2D eigenvalue weighted by atomic mass is 16.5. The summed E-state index contributed by atoms with van der Waals surface area (Å²) in [5.74, 6) is 1.44. The van der Waals surface area contributed by atoms with Gasteiger partial charge in [0.25, 0.3) is 0 Å². The molecule has 1 aliphatic rings. The third-order valence-electron chi connectivity index (χ3n) is 1.68. The summed E-state index contributed by atoms with van der Waals surface area (Å²) < 4.78 is 4.77. The van der Waals surface area contributed by atoms with E-state index in [0.717, 1.165) is 17.0 Å². The average molecular weight is 222 g/mol. The number of hydrogen-bond acceptors (Lipinski definition) is 3. The SMILES string of the molecule is CC(C)C.Cc1cnc2c(c1)COC(=O)N2. The molecule has 0 spiro atoms. The minimum atomic E-state index is -0.432. The predicted octanol–water partition coefficient (Wildman–Crippen LogP) is 3.11. The van der Waals surface area contributed by atoms with Gasteiger partial charge in [0, 0.05) is 11.8 Å². The maximum absolute atomic E-state index is 10.7. The second-order valence-corrected chi connectivity index (χ2v) is 4.45. The molecule has 88 valence electrons. The van der Waals surface area contributed by atoms with Gasteiger partial charge in [-0.1, -0.05) is 20.8 Å². The first-order valence-electron chi connectivity index (χ1n) is 5.38. The number of rotatable bonds is 0. The van der Waals surface area contributed by atoms with Gasteiger partial charge < -0.3 is 4.74 Å². The summed E-state index contributed by atoms with van der Waals surface area (Å²) in [6, 6.07) is 1.95. The van der Waals surface area contributed by atoms with Crippen LogP contribution in [0, 0.1) is 12.8 Å². The Morgan fingerprint density at radius 1 is 1.44 bits per heavy atom. The fourth-order valence-corrected chi connectivity index (χ4v) is 1.13. The minimum absolute atomic E-state index is 0.315. The molecule has 0 saturated heterocycles. The van der Waals surface area contributed by atoms with Crippen molar-refractivity contribution in [2.45, 2.75) is 34.3 Å². The molecule has 0 saturated carbocycles. The quantitative estimate of drug-likeness (QED) is 0.733. The van der Waals surface area contributed by atoms with Crippen LogP contribution >= 0.6 is 0 Å². The molecule has 0 atom stereocenters. The highest BCUT2D eigenvalue weighted by molar-refractivity contribution is 5.85. The van der Waals surface area contributed by atoms with Crippen LogP contribution in [-0.2, 0) is 11.3 Å². The van der Waals surface area contributed by atoms with Gasteiger partial charge >= 0.3 is 6.09 Å². The minimum Gasteiger partial charge on any atom is -0.444 e. The highest BCUT2D eigenvalue weighted by Crippen LogP contribution is 2.18. The van der Waals surface area contributed by atoms with Crippen molar-refractivity contribution in [1.29, 1.82) is 0 Å². The zero-order valence-electron chi connectivity index (χ0n) is 10.2. The zero-order valence-corrected chi connectivity index (χ0v) is 10.2. The number of nitrogens with one attached hydrogen (secondary N) is 1. The molecule has 2 heterocycles. The summed E-state index contributed by atoms with van der Waals surface area (Å²) in [6.07, 6.45) is 1.28. The molecular weight excluding hydrogens is 204 g/mol.